The molecule has 0 spiro atoms. The summed E-state index contributed by atoms with van der Waals surface area (Å²) >= 11 is 0. The van der Waals surface area contributed by atoms with Gasteiger partial charge in [0.1, 0.15) is 0 Å². The van der Waals surface area contributed by atoms with Crippen molar-refractivity contribution in [3.8, 4) is 0 Å². The first-order valence-corrected chi connectivity index (χ1v) is 2.35. The Morgan fingerprint density at radius 3 is 1.43 bits per heavy atom. The molecule has 0 aromatic carbocycles. The number of hydrogen-bond donors (Lipinski definition) is 3. The molecule has 0 radical (unpaired) electrons. The second-order valence-corrected chi connectivity index (χ2v) is 1.54. The molecule has 0 aromatic heterocycles. The summed E-state index contributed by atoms with van der Waals surface area (Å²) in [5, 5.41) is 0. The molecule has 0 rings (SSSR count). The summed E-state index contributed by atoms with van der Waals surface area (Å²) in [6, 6.07) is 0. The summed E-state index contributed by atoms with van der Waals surface area (Å²) < 4.78 is 8.88. The standard InChI is InChI=1S/K.Na.H3O4P.2H/c;;1-5(2,3)4;;/h;;(H3,1,2,3,4);;/q2*+1;;2*-1/p+1. The first kappa shape index (κ1) is 16.4. The average Bonchev–Trinajstić information content (AvgIpc) is 0.722. The Morgan fingerprint density at radius 2 is 1.43 bits per heavy atom. The fourth-order valence-corrected chi connectivity index (χ4v) is 0. The molecule has 0 aliphatic heterocycles. The molecule has 7 heavy (non-hydrogen) atoms. The van der Waals surface area contributed by atoms with Crippen molar-refractivity contribution in [2.45, 2.75) is 0 Å². The second-order valence-electron chi connectivity index (χ2n) is 0.513. The summed E-state index contributed by atoms with van der Waals surface area (Å²) in [6.45, 7) is 0. The van der Waals surface area contributed by atoms with Crippen LogP contribution in [0.25, 0.3) is 0 Å². The topological polar surface area (TPSA) is 77.8 Å². The van der Waals surface area contributed by atoms with Crippen LogP contribution in [-0.4, -0.2) is 14.7 Å². The molecule has 7 heteroatoms. The van der Waals surface area contributed by atoms with Crippen molar-refractivity contribution in [2.75, 3.05) is 0 Å². The summed E-state index contributed by atoms with van der Waals surface area (Å²) in [7, 11) is -4.64. The smallest absolute Gasteiger partial charge is 1.00 e. The molecule has 4 nitrogen and oxygen atoms in total. The van der Waals surface area contributed by atoms with Crippen LogP contribution >= 0.6 is 7.82 Å². The fourth-order valence-electron chi connectivity index (χ4n) is 0. The van der Waals surface area contributed by atoms with E-state index in [1.807, 2.05) is 0 Å². The zero-order chi connectivity index (χ0) is 4.50. The van der Waals surface area contributed by atoms with Crippen molar-refractivity contribution >= 4 is 7.82 Å². The molecule has 0 aliphatic rings. The van der Waals surface area contributed by atoms with Crippen molar-refractivity contribution in [3.05, 3.63) is 0 Å². The van der Waals surface area contributed by atoms with E-state index < -0.39 is 7.82 Å². The van der Waals surface area contributed by atoms with Crippen LogP contribution in [0.3, 0.4) is 0 Å². The van der Waals surface area contributed by atoms with Gasteiger partial charge in [0, 0.05) is 0 Å². The van der Waals surface area contributed by atoms with Gasteiger partial charge in [-0.05, 0) is 0 Å². The minimum absolute atomic E-state index is 0. The maximum Gasteiger partial charge on any atom is 1.00 e. The SMILES string of the molecule is O=P(O)(O)O.[H+].[H-].[H-].[K+].[Na+]. The molecule has 0 fully saturated rings. The van der Waals surface area contributed by atoms with E-state index in [1.54, 1.807) is 0 Å². The van der Waals surface area contributed by atoms with Gasteiger partial charge in [0.25, 0.3) is 0 Å². The van der Waals surface area contributed by atoms with E-state index >= 15 is 0 Å². The van der Waals surface area contributed by atoms with E-state index in [2.05, 4.69) is 0 Å². The molecule has 0 aliphatic carbocycles. The van der Waals surface area contributed by atoms with Gasteiger partial charge in [-0.15, -0.1) is 0 Å². The van der Waals surface area contributed by atoms with Gasteiger partial charge >= 0.3 is 90.2 Å². The molecule has 0 saturated carbocycles. The molecule has 0 aromatic rings. The molecule has 0 atom stereocenters. The molecular weight excluding hydrogens is 157 g/mol. The van der Waals surface area contributed by atoms with Gasteiger partial charge in [0.2, 0.25) is 0 Å². The van der Waals surface area contributed by atoms with E-state index in [0.29, 0.717) is 0 Å². The maximum atomic E-state index is 8.88. The van der Waals surface area contributed by atoms with Crippen molar-refractivity contribution in [3.63, 3.8) is 0 Å². The molecule has 0 saturated heterocycles. The third-order valence-electron chi connectivity index (χ3n) is 0. The normalized spacial score (nSPS) is 8.43. The molecule has 0 heterocycles. The summed E-state index contributed by atoms with van der Waals surface area (Å²) in [5.41, 5.74) is 0. The Bertz CT molecular complexity index is 66.6. The Morgan fingerprint density at radius 1 is 1.43 bits per heavy atom. The third-order valence-corrected chi connectivity index (χ3v) is 0. The summed E-state index contributed by atoms with van der Waals surface area (Å²) in [5.74, 6) is 0. The zero-order valence-corrected chi connectivity index (χ0v) is 10.2. The molecule has 36 valence electrons. The van der Waals surface area contributed by atoms with Gasteiger partial charge in [-0.2, -0.15) is 0 Å². The Kier molecular flexibility index (Phi) is 16.1. The maximum absolute atomic E-state index is 8.88. The second kappa shape index (κ2) is 6.86. The van der Waals surface area contributed by atoms with E-state index in [4.69, 9.17) is 19.2 Å². The minimum Gasteiger partial charge on any atom is -1.00 e. The van der Waals surface area contributed by atoms with Gasteiger partial charge in [0.15, 0.2) is 0 Å². The van der Waals surface area contributed by atoms with Crippen molar-refractivity contribution < 1.29 is 104 Å². The first-order chi connectivity index (χ1) is 2.00. The molecule has 0 amide bonds. The number of phosphoric acid groups is 1. The molecule has 0 unspecified atom stereocenters. The number of rotatable bonds is 0. The summed E-state index contributed by atoms with van der Waals surface area (Å²) in [6.07, 6.45) is 0. The van der Waals surface area contributed by atoms with Crippen LogP contribution in [0.1, 0.15) is 4.28 Å². The average molecular weight is 163 g/mol. The molecule has 0 bridgehead atoms. The van der Waals surface area contributed by atoms with Gasteiger partial charge in [-0.1, -0.05) is 0 Å². The van der Waals surface area contributed by atoms with Crippen LogP contribution in [0, 0.1) is 0 Å². The van der Waals surface area contributed by atoms with Crippen LogP contribution in [0.15, 0.2) is 0 Å². The van der Waals surface area contributed by atoms with Crippen LogP contribution < -0.4 is 80.9 Å². The monoisotopic (exact) mass is 163 g/mol. The van der Waals surface area contributed by atoms with Gasteiger partial charge in [-0.3, -0.25) is 0 Å². The first-order valence-electron chi connectivity index (χ1n) is 0.783. The van der Waals surface area contributed by atoms with Crippen LogP contribution in [-0.2, 0) is 4.57 Å². The van der Waals surface area contributed by atoms with E-state index in [0.717, 1.165) is 0 Å². The van der Waals surface area contributed by atoms with Crippen LogP contribution in [0.4, 0.5) is 0 Å². The van der Waals surface area contributed by atoms with Crippen LogP contribution in [0.5, 0.6) is 0 Å². The van der Waals surface area contributed by atoms with Crippen molar-refractivity contribution in [1.29, 1.82) is 0 Å². The van der Waals surface area contributed by atoms with Gasteiger partial charge < -0.3 is 17.5 Å². The third kappa shape index (κ3) is 52.8. The zero-order valence-electron chi connectivity index (χ0n) is 7.20. The van der Waals surface area contributed by atoms with E-state index in [-0.39, 0.29) is 85.2 Å². The van der Waals surface area contributed by atoms with Crippen molar-refractivity contribution in [2.24, 2.45) is 0 Å². The van der Waals surface area contributed by atoms with Crippen molar-refractivity contribution in [1.82, 2.24) is 0 Å². The summed E-state index contributed by atoms with van der Waals surface area (Å²) in [4.78, 5) is 21.6. The quantitative estimate of drug-likeness (QED) is 0.245. The van der Waals surface area contributed by atoms with Gasteiger partial charge in [0.05, 0.1) is 0 Å². The fraction of sp³-hybridized carbons (Fsp3) is 0. The minimum atomic E-state index is -4.64. The Hall–Kier alpha value is 2.75. The van der Waals surface area contributed by atoms with E-state index in [9.17, 15) is 0 Å². The molecule has 3 N–H and O–H groups in total. The predicted molar refractivity (Wildman–Crippen MR) is 17.6 cm³/mol. The van der Waals surface area contributed by atoms with Crippen LogP contribution in [0.2, 0.25) is 0 Å². The Labute approximate surface area is 110 Å². The van der Waals surface area contributed by atoms with Gasteiger partial charge in [-0.25, -0.2) is 4.57 Å². The Balaban J connectivity index is -0.00000000800. The van der Waals surface area contributed by atoms with E-state index in [1.165, 1.54) is 0 Å². The molecular formula is H6KNaO4P+. The largest absolute Gasteiger partial charge is 1.00 e. The predicted octanol–water partition coefficient (Wildman–Crippen LogP) is -6.58. The number of hydrogen-bond acceptors (Lipinski definition) is 1.